The van der Waals surface area contributed by atoms with E-state index in [1.54, 1.807) is 6.08 Å². The number of carbonyl (C=O) groups is 1. The molecule has 1 atom stereocenters. The maximum Gasteiger partial charge on any atom is 0.142 e. The first-order valence-corrected chi connectivity index (χ1v) is 4.44. The number of hydrogen-bond donors (Lipinski definition) is 1. The minimum Gasteiger partial charge on any atom is -0.299 e. The molecular formula is C9H16O4. The van der Waals surface area contributed by atoms with Crippen molar-refractivity contribution in [3.8, 4) is 0 Å². The Morgan fingerprint density at radius 1 is 1.46 bits per heavy atom. The van der Waals surface area contributed by atoms with E-state index in [1.165, 1.54) is 6.08 Å². The van der Waals surface area contributed by atoms with Gasteiger partial charge < -0.3 is 0 Å². The first kappa shape index (κ1) is 12.3. The first-order valence-electron chi connectivity index (χ1n) is 4.44. The van der Waals surface area contributed by atoms with E-state index >= 15 is 0 Å². The molecule has 0 heterocycles. The van der Waals surface area contributed by atoms with Crippen molar-refractivity contribution in [3.63, 3.8) is 0 Å². The summed E-state index contributed by atoms with van der Waals surface area (Å²) < 4.78 is 0. The summed E-state index contributed by atoms with van der Waals surface area (Å²) in [6, 6.07) is 0. The minimum absolute atomic E-state index is 0.346. The summed E-state index contributed by atoms with van der Waals surface area (Å²) >= 11 is 0. The molecule has 0 aliphatic rings. The summed E-state index contributed by atoms with van der Waals surface area (Å²) in [6.07, 6.45) is 7.13. The van der Waals surface area contributed by atoms with Crippen molar-refractivity contribution in [3.05, 3.63) is 12.2 Å². The molecule has 0 saturated carbocycles. The van der Waals surface area contributed by atoms with E-state index in [4.69, 9.17) is 5.26 Å². The monoisotopic (exact) mass is 188 g/mol. The molecule has 0 rings (SSSR count). The standard InChI is InChI=1S/C9H16O4/c1-2-3-4-6-9(12-13-11)7-5-8-10/h5,7-9,11H,2-4,6H2,1H3. The molecule has 0 aromatic heterocycles. The summed E-state index contributed by atoms with van der Waals surface area (Å²) in [4.78, 5) is 14.5. The average molecular weight is 188 g/mol. The van der Waals surface area contributed by atoms with Crippen LogP contribution < -0.4 is 0 Å². The van der Waals surface area contributed by atoms with Gasteiger partial charge >= 0.3 is 0 Å². The lowest BCUT2D eigenvalue weighted by Crippen LogP contribution is -2.09. The Morgan fingerprint density at radius 3 is 2.77 bits per heavy atom. The van der Waals surface area contributed by atoms with Gasteiger partial charge in [0, 0.05) is 0 Å². The second-order valence-corrected chi connectivity index (χ2v) is 2.73. The van der Waals surface area contributed by atoms with Crippen LogP contribution in [0, 0.1) is 0 Å². The number of carbonyl (C=O) groups excluding carboxylic acids is 1. The van der Waals surface area contributed by atoms with Gasteiger partial charge in [-0.25, -0.2) is 5.26 Å². The molecule has 0 aliphatic carbocycles. The number of rotatable bonds is 8. The van der Waals surface area contributed by atoms with Gasteiger partial charge in [0.1, 0.15) is 12.4 Å². The second-order valence-electron chi connectivity index (χ2n) is 2.73. The molecule has 0 aliphatic heterocycles. The van der Waals surface area contributed by atoms with Crippen LogP contribution in [0.4, 0.5) is 0 Å². The van der Waals surface area contributed by atoms with Crippen LogP contribution in [0.15, 0.2) is 12.2 Å². The molecule has 0 radical (unpaired) electrons. The predicted octanol–water partition coefficient (Wildman–Crippen LogP) is 2.11. The van der Waals surface area contributed by atoms with Gasteiger partial charge in [-0.05, 0) is 18.6 Å². The van der Waals surface area contributed by atoms with Gasteiger partial charge in [0.05, 0.1) is 0 Å². The zero-order valence-electron chi connectivity index (χ0n) is 7.81. The normalized spacial score (nSPS) is 13.4. The fourth-order valence-corrected chi connectivity index (χ4v) is 0.996. The lowest BCUT2D eigenvalue weighted by atomic mass is 10.1. The SMILES string of the molecule is CCCCCC(C=CC=O)OOO. The number of unbranched alkanes of at least 4 members (excludes halogenated alkanes) is 2. The molecule has 4 heteroatoms. The van der Waals surface area contributed by atoms with Gasteiger partial charge in [0.15, 0.2) is 0 Å². The smallest absolute Gasteiger partial charge is 0.142 e. The molecule has 0 bridgehead atoms. The van der Waals surface area contributed by atoms with Crippen LogP contribution in [0.2, 0.25) is 0 Å². The Hall–Kier alpha value is -0.710. The third-order valence-electron chi connectivity index (χ3n) is 1.66. The molecule has 0 saturated heterocycles. The summed E-state index contributed by atoms with van der Waals surface area (Å²) in [5, 5.41) is 11.6. The topological polar surface area (TPSA) is 55.8 Å². The van der Waals surface area contributed by atoms with E-state index < -0.39 is 0 Å². The van der Waals surface area contributed by atoms with Crippen molar-refractivity contribution in [1.29, 1.82) is 0 Å². The quantitative estimate of drug-likeness (QED) is 0.208. The molecule has 13 heavy (non-hydrogen) atoms. The summed E-state index contributed by atoms with van der Waals surface area (Å²) in [5.74, 6) is 0. The van der Waals surface area contributed by atoms with Gasteiger partial charge in [0.25, 0.3) is 0 Å². The Balaban J connectivity index is 3.65. The Morgan fingerprint density at radius 2 is 2.23 bits per heavy atom. The molecule has 0 aromatic carbocycles. The molecular weight excluding hydrogens is 172 g/mol. The van der Waals surface area contributed by atoms with Crippen molar-refractivity contribution in [2.75, 3.05) is 0 Å². The highest BCUT2D eigenvalue weighted by Crippen LogP contribution is 2.07. The second kappa shape index (κ2) is 9.38. The Labute approximate surface area is 78.0 Å². The van der Waals surface area contributed by atoms with E-state index in [-0.39, 0.29) is 6.10 Å². The van der Waals surface area contributed by atoms with Crippen LogP contribution in [0.5, 0.6) is 0 Å². The van der Waals surface area contributed by atoms with E-state index in [9.17, 15) is 4.79 Å². The van der Waals surface area contributed by atoms with Crippen molar-refractivity contribution < 1.29 is 20.0 Å². The lowest BCUT2D eigenvalue weighted by molar-refractivity contribution is -0.501. The maximum atomic E-state index is 10.00. The lowest BCUT2D eigenvalue weighted by Gasteiger charge is -2.08. The van der Waals surface area contributed by atoms with Crippen molar-refractivity contribution in [2.24, 2.45) is 0 Å². The zero-order valence-corrected chi connectivity index (χ0v) is 7.81. The number of hydrogen-bond acceptors (Lipinski definition) is 4. The molecule has 0 amide bonds. The van der Waals surface area contributed by atoms with Gasteiger partial charge in [-0.15, -0.1) is 0 Å². The fraction of sp³-hybridized carbons (Fsp3) is 0.667. The van der Waals surface area contributed by atoms with Crippen LogP contribution in [-0.4, -0.2) is 17.6 Å². The van der Waals surface area contributed by atoms with Crippen LogP contribution in [0.3, 0.4) is 0 Å². The molecule has 1 N–H and O–H groups in total. The largest absolute Gasteiger partial charge is 0.299 e. The first-order chi connectivity index (χ1) is 6.35. The van der Waals surface area contributed by atoms with Crippen LogP contribution in [0.1, 0.15) is 32.6 Å². The van der Waals surface area contributed by atoms with Crippen molar-refractivity contribution in [1.82, 2.24) is 0 Å². The molecule has 0 fully saturated rings. The van der Waals surface area contributed by atoms with Gasteiger partial charge in [0.2, 0.25) is 0 Å². The molecule has 76 valence electrons. The van der Waals surface area contributed by atoms with Crippen LogP contribution in [0.25, 0.3) is 0 Å². The number of allylic oxidation sites excluding steroid dienone is 1. The zero-order chi connectivity index (χ0) is 9.94. The van der Waals surface area contributed by atoms with Gasteiger partial charge in [-0.1, -0.05) is 31.2 Å². The van der Waals surface area contributed by atoms with Crippen molar-refractivity contribution in [2.45, 2.75) is 38.7 Å². The molecule has 4 nitrogen and oxygen atoms in total. The Bertz CT molecular complexity index is 145. The number of aldehydes is 1. The average Bonchev–Trinajstić information content (AvgIpc) is 2.14. The Kier molecular flexibility index (Phi) is 8.87. The molecule has 0 aromatic rings. The molecule has 0 spiro atoms. The van der Waals surface area contributed by atoms with E-state index in [0.29, 0.717) is 6.29 Å². The third-order valence-corrected chi connectivity index (χ3v) is 1.66. The van der Waals surface area contributed by atoms with E-state index in [1.807, 2.05) is 0 Å². The third kappa shape index (κ3) is 7.64. The summed E-state index contributed by atoms with van der Waals surface area (Å²) in [5.41, 5.74) is 0. The van der Waals surface area contributed by atoms with Gasteiger partial charge in [-0.2, -0.15) is 4.89 Å². The predicted molar refractivity (Wildman–Crippen MR) is 47.9 cm³/mol. The highest BCUT2D eigenvalue weighted by atomic mass is 17.5. The highest BCUT2D eigenvalue weighted by Gasteiger charge is 2.04. The van der Waals surface area contributed by atoms with Crippen molar-refractivity contribution >= 4 is 6.29 Å². The maximum absolute atomic E-state index is 10.00. The van der Waals surface area contributed by atoms with Crippen LogP contribution in [-0.2, 0) is 14.7 Å². The van der Waals surface area contributed by atoms with Crippen LogP contribution >= 0.6 is 0 Å². The van der Waals surface area contributed by atoms with E-state index in [2.05, 4.69) is 16.8 Å². The van der Waals surface area contributed by atoms with E-state index in [0.717, 1.165) is 25.7 Å². The highest BCUT2D eigenvalue weighted by molar-refractivity contribution is 5.64. The van der Waals surface area contributed by atoms with Gasteiger partial charge in [-0.3, -0.25) is 4.79 Å². The summed E-state index contributed by atoms with van der Waals surface area (Å²) in [7, 11) is 0. The summed E-state index contributed by atoms with van der Waals surface area (Å²) in [6.45, 7) is 2.10. The fourth-order valence-electron chi connectivity index (χ4n) is 0.996. The minimum atomic E-state index is -0.346. The molecule has 1 unspecified atom stereocenters.